The summed E-state index contributed by atoms with van der Waals surface area (Å²) in [5.74, 6) is 1.64. The first-order chi connectivity index (χ1) is 9.93. The molecule has 0 bridgehead atoms. The van der Waals surface area contributed by atoms with E-state index in [0.717, 1.165) is 5.56 Å². The zero-order valence-corrected chi connectivity index (χ0v) is 12.3. The summed E-state index contributed by atoms with van der Waals surface area (Å²) in [6.07, 6.45) is 1.40. The van der Waals surface area contributed by atoms with Crippen molar-refractivity contribution in [3.63, 3.8) is 0 Å². The summed E-state index contributed by atoms with van der Waals surface area (Å²) in [4.78, 5) is 18.7. The van der Waals surface area contributed by atoms with Crippen molar-refractivity contribution >= 4 is 11.5 Å². The second-order valence-electron chi connectivity index (χ2n) is 4.67. The lowest BCUT2D eigenvalue weighted by Crippen LogP contribution is -2.01. The molecular formula is C14H16N4O3. The van der Waals surface area contributed by atoms with Crippen LogP contribution >= 0.6 is 0 Å². The van der Waals surface area contributed by atoms with Crippen molar-refractivity contribution in [3.8, 4) is 11.6 Å². The van der Waals surface area contributed by atoms with Crippen molar-refractivity contribution in [3.05, 3.63) is 45.3 Å². The number of rotatable bonds is 4. The van der Waals surface area contributed by atoms with Gasteiger partial charge in [-0.15, -0.1) is 0 Å². The topological polar surface area (TPSA) is 90.2 Å². The Labute approximate surface area is 122 Å². The second-order valence-corrected chi connectivity index (χ2v) is 4.67. The molecule has 0 radical (unpaired) electrons. The van der Waals surface area contributed by atoms with E-state index in [1.54, 1.807) is 27.0 Å². The van der Waals surface area contributed by atoms with Crippen LogP contribution in [0, 0.1) is 30.9 Å². The van der Waals surface area contributed by atoms with Gasteiger partial charge in [0.15, 0.2) is 0 Å². The maximum atomic E-state index is 10.9. The molecule has 0 aliphatic carbocycles. The lowest BCUT2D eigenvalue weighted by Gasteiger charge is -2.12. The number of hydrogen-bond donors (Lipinski definition) is 1. The van der Waals surface area contributed by atoms with Gasteiger partial charge >= 0.3 is 0 Å². The lowest BCUT2D eigenvalue weighted by molar-refractivity contribution is -0.385. The largest absolute Gasteiger partial charge is 0.438 e. The molecule has 2 aromatic rings. The molecular weight excluding hydrogens is 272 g/mol. The maximum absolute atomic E-state index is 10.9. The summed E-state index contributed by atoms with van der Waals surface area (Å²) < 4.78 is 5.78. The normalized spacial score (nSPS) is 10.3. The molecule has 21 heavy (non-hydrogen) atoms. The average molecular weight is 288 g/mol. The Morgan fingerprint density at radius 1 is 1.19 bits per heavy atom. The van der Waals surface area contributed by atoms with Crippen molar-refractivity contribution < 1.29 is 9.66 Å². The number of anilines is 1. The van der Waals surface area contributed by atoms with Crippen molar-refractivity contribution in [2.75, 3.05) is 12.4 Å². The van der Waals surface area contributed by atoms with Crippen molar-refractivity contribution in [2.24, 2.45) is 0 Å². The fourth-order valence-electron chi connectivity index (χ4n) is 1.97. The third kappa shape index (κ3) is 2.91. The number of hydrogen-bond acceptors (Lipinski definition) is 6. The molecule has 1 heterocycles. The molecule has 0 fully saturated rings. The van der Waals surface area contributed by atoms with Gasteiger partial charge in [-0.3, -0.25) is 10.1 Å². The number of nitrogens with one attached hydrogen (secondary N) is 1. The second kappa shape index (κ2) is 5.74. The van der Waals surface area contributed by atoms with Crippen LogP contribution in [0.4, 0.5) is 11.5 Å². The van der Waals surface area contributed by atoms with Gasteiger partial charge in [-0.05, 0) is 32.4 Å². The highest BCUT2D eigenvalue weighted by Gasteiger charge is 2.16. The first-order valence-electron chi connectivity index (χ1n) is 6.37. The van der Waals surface area contributed by atoms with Crippen LogP contribution in [0.3, 0.4) is 0 Å². The summed E-state index contributed by atoms with van der Waals surface area (Å²) in [6, 6.07) is 3.15. The number of nitro benzene ring substituents is 1. The van der Waals surface area contributed by atoms with Crippen molar-refractivity contribution in [1.29, 1.82) is 0 Å². The van der Waals surface area contributed by atoms with E-state index >= 15 is 0 Å². The summed E-state index contributed by atoms with van der Waals surface area (Å²) in [5, 5.41) is 13.9. The molecule has 1 aromatic heterocycles. The van der Waals surface area contributed by atoms with E-state index in [0.29, 0.717) is 28.6 Å². The van der Waals surface area contributed by atoms with Gasteiger partial charge < -0.3 is 10.1 Å². The number of nitro groups is 1. The lowest BCUT2D eigenvalue weighted by atomic mass is 10.1. The van der Waals surface area contributed by atoms with E-state index in [2.05, 4.69) is 15.3 Å². The highest BCUT2D eigenvalue weighted by atomic mass is 16.6. The zero-order chi connectivity index (χ0) is 15.6. The van der Waals surface area contributed by atoms with Gasteiger partial charge in [0.1, 0.15) is 17.9 Å². The van der Waals surface area contributed by atoms with Crippen LogP contribution in [-0.4, -0.2) is 21.9 Å². The Balaban J connectivity index is 2.41. The number of benzene rings is 1. The fourth-order valence-corrected chi connectivity index (χ4v) is 1.97. The minimum Gasteiger partial charge on any atom is -0.438 e. The molecule has 0 aliphatic rings. The molecule has 7 heteroatoms. The molecule has 2 rings (SSSR count). The first kappa shape index (κ1) is 14.7. The smallest absolute Gasteiger partial charge is 0.272 e. The molecule has 0 spiro atoms. The monoisotopic (exact) mass is 288 g/mol. The minimum atomic E-state index is -0.402. The van der Waals surface area contributed by atoms with Crippen molar-refractivity contribution in [2.45, 2.75) is 20.8 Å². The van der Waals surface area contributed by atoms with Gasteiger partial charge in [0.2, 0.25) is 5.88 Å². The van der Waals surface area contributed by atoms with Crippen LogP contribution in [-0.2, 0) is 0 Å². The third-order valence-corrected chi connectivity index (χ3v) is 3.17. The molecule has 0 unspecified atom stereocenters. The van der Waals surface area contributed by atoms with Crippen LogP contribution in [0.2, 0.25) is 0 Å². The summed E-state index contributed by atoms with van der Waals surface area (Å²) >= 11 is 0. The highest BCUT2D eigenvalue weighted by Crippen LogP contribution is 2.32. The van der Waals surface area contributed by atoms with E-state index in [1.165, 1.54) is 12.4 Å². The summed E-state index contributed by atoms with van der Waals surface area (Å²) in [5.41, 5.74) is 2.07. The van der Waals surface area contributed by atoms with Crippen LogP contribution in [0.5, 0.6) is 11.6 Å². The molecule has 1 N–H and O–H groups in total. The Hall–Kier alpha value is -2.70. The number of aromatic nitrogens is 2. The van der Waals surface area contributed by atoms with E-state index in [9.17, 15) is 10.1 Å². The number of ether oxygens (including phenoxy) is 1. The zero-order valence-electron chi connectivity index (χ0n) is 12.3. The molecule has 0 saturated carbocycles. The van der Waals surface area contributed by atoms with E-state index in [1.807, 2.05) is 6.92 Å². The maximum Gasteiger partial charge on any atom is 0.272 e. The Bertz CT molecular complexity index is 701. The van der Waals surface area contributed by atoms with Gasteiger partial charge in [-0.1, -0.05) is 0 Å². The Morgan fingerprint density at radius 2 is 1.90 bits per heavy atom. The molecule has 110 valence electrons. The van der Waals surface area contributed by atoms with Crippen LogP contribution in [0.1, 0.15) is 16.7 Å². The molecule has 0 aliphatic heterocycles. The predicted octanol–water partition coefficient (Wildman–Crippen LogP) is 3.14. The third-order valence-electron chi connectivity index (χ3n) is 3.17. The predicted molar refractivity (Wildman–Crippen MR) is 79.0 cm³/mol. The standard InChI is InChI=1S/C14H16N4O3/c1-8-6-12(9(2)5-11(8)18(19)20)21-14-10(3)13(15-4)16-7-17-14/h5-7H,1-4H3,(H,15,16,17). The Morgan fingerprint density at radius 3 is 2.52 bits per heavy atom. The van der Waals surface area contributed by atoms with E-state index < -0.39 is 4.92 Å². The number of aryl methyl sites for hydroxylation is 2. The van der Waals surface area contributed by atoms with Gasteiger partial charge in [-0.25, -0.2) is 9.97 Å². The Kier molecular flexibility index (Phi) is 4.02. The van der Waals surface area contributed by atoms with Gasteiger partial charge in [0.05, 0.1) is 10.5 Å². The average Bonchev–Trinajstić information content (AvgIpc) is 2.44. The molecule has 0 amide bonds. The summed E-state index contributed by atoms with van der Waals surface area (Å²) in [7, 11) is 1.76. The molecule has 0 saturated heterocycles. The van der Waals surface area contributed by atoms with Crippen LogP contribution in [0.15, 0.2) is 18.5 Å². The van der Waals surface area contributed by atoms with Crippen molar-refractivity contribution in [1.82, 2.24) is 9.97 Å². The molecule has 1 aromatic carbocycles. The van der Waals surface area contributed by atoms with Gasteiger partial charge in [-0.2, -0.15) is 0 Å². The van der Waals surface area contributed by atoms with E-state index in [4.69, 9.17) is 4.74 Å². The highest BCUT2D eigenvalue weighted by molar-refractivity contribution is 5.52. The SMILES string of the molecule is CNc1ncnc(Oc2cc(C)c([N+](=O)[O-])cc2C)c1C. The first-order valence-corrected chi connectivity index (χ1v) is 6.37. The quantitative estimate of drug-likeness (QED) is 0.686. The van der Waals surface area contributed by atoms with Crippen LogP contribution in [0.25, 0.3) is 0 Å². The number of nitrogens with zero attached hydrogens (tertiary/aromatic N) is 3. The minimum absolute atomic E-state index is 0.0789. The van der Waals surface area contributed by atoms with E-state index in [-0.39, 0.29) is 5.69 Å². The van der Waals surface area contributed by atoms with Crippen LogP contribution < -0.4 is 10.1 Å². The molecule has 7 nitrogen and oxygen atoms in total. The summed E-state index contributed by atoms with van der Waals surface area (Å²) in [6.45, 7) is 5.28. The molecule has 0 atom stereocenters. The fraction of sp³-hybridized carbons (Fsp3) is 0.286. The van der Waals surface area contributed by atoms with Gasteiger partial charge in [0.25, 0.3) is 5.69 Å². The van der Waals surface area contributed by atoms with Gasteiger partial charge in [0, 0.05) is 18.7 Å².